The van der Waals surface area contributed by atoms with Crippen LogP contribution in [-0.4, -0.2) is 26.0 Å². The van der Waals surface area contributed by atoms with Crippen molar-refractivity contribution in [2.24, 2.45) is 0 Å². The molecule has 18 heavy (non-hydrogen) atoms. The maximum atomic E-state index is 11.6. The summed E-state index contributed by atoms with van der Waals surface area (Å²) in [5.41, 5.74) is 1.06. The number of rotatable bonds is 6. The zero-order valence-electron chi connectivity index (χ0n) is 11.0. The molecule has 0 saturated heterocycles. The number of benzene rings is 1. The van der Waals surface area contributed by atoms with Crippen LogP contribution in [0.5, 0.6) is 0 Å². The average Bonchev–Trinajstić information content (AvgIpc) is 2.28. The van der Waals surface area contributed by atoms with Crippen molar-refractivity contribution in [1.82, 2.24) is 5.32 Å². The summed E-state index contributed by atoms with van der Waals surface area (Å²) in [7, 11) is -2.97. The standard InChI is InChI=1S/C13H20ClNO2S/c1-10(2)18(16,17)8-7-15-11(3)12-5-4-6-13(14)9-12/h4-6,9-11,15H,7-8H2,1-3H3. The van der Waals surface area contributed by atoms with Gasteiger partial charge in [-0.1, -0.05) is 23.7 Å². The summed E-state index contributed by atoms with van der Waals surface area (Å²) in [6.45, 7) is 5.85. The average molecular weight is 290 g/mol. The van der Waals surface area contributed by atoms with Gasteiger partial charge in [-0.15, -0.1) is 0 Å². The molecule has 0 bridgehead atoms. The molecule has 1 aromatic rings. The summed E-state index contributed by atoms with van der Waals surface area (Å²) in [6.07, 6.45) is 0. The van der Waals surface area contributed by atoms with Gasteiger partial charge in [-0.05, 0) is 38.5 Å². The fraction of sp³-hybridized carbons (Fsp3) is 0.538. The maximum absolute atomic E-state index is 11.6. The van der Waals surface area contributed by atoms with E-state index in [4.69, 9.17) is 11.6 Å². The van der Waals surface area contributed by atoms with Gasteiger partial charge in [-0.3, -0.25) is 0 Å². The van der Waals surface area contributed by atoms with E-state index in [-0.39, 0.29) is 17.0 Å². The third-order valence-electron chi connectivity index (χ3n) is 2.90. The first-order valence-corrected chi connectivity index (χ1v) is 8.12. The van der Waals surface area contributed by atoms with Crippen LogP contribution in [-0.2, 0) is 9.84 Å². The molecule has 3 nitrogen and oxygen atoms in total. The molecule has 1 rings (SSSR count). The molecule has 0 heterocycles. The van der Waals surface area contributed by atoms with Gasteiger partial charge in [-0.2, -0.15) is 0 Å². The number of hydrogen-bond acceptors (Lipinski definition) is 3. The number of hydrogen-bond donors (Lipinski definition) is 1. The van der Waals surface area contributed by atoms with Crippen molar-refractivity contribution in [1.29, 1.82) is 0 Å². The van der Waals surface area contributed by atoms with Crippen LogP contribution >= 0.6 is 11.6 Å². The predicted octanol–water partition coefficient (Wildman–Crippen LogP) is 2.81. The lowest BCUT2D eigenvalue weighted by Crippen LogP contribution is -2.29. The molecule has 0 amide bonds. The SMILES string of the molecule is CC(NCCS(=O)(=O)C(C)C)c1cccc(Cl)c1. The number of sulfone groups is 1. The van der Waals surface area contributed by atoms with Crippen LogP contribution < -0.4 is 5.32 Å². The highest BCUT2D eigenvalue weighted by Crippen LogP contribution is 2.17. The maximum Gasteiger partial charge on any atom is 0.153 e. The summed E-state index contributed by atoms with van der Waals surface area (Å²) < 4.78 is 23.3. The molecule has 1 N–H and O–H groups in total. The van der Waals surface area contributed by atoms with Crippen LogP contribution in [0.15, 0.2) is 24.3 Å². The molecule has 0 aliphatic heterocycles. The molecule has 0 radical (unpaired) electrons. The lowest BCUT2D eigenvalue weighted by Gasteiger charge is -2.15. The van der Waals surface area contributed by atoms with Crippen LogP contribution in [0.25, 0.3) is 0 Å². The van der Waals surface area contributed by atoms with E-state index in [0.29, 0.717) is 11.6 Å². The van der Waals surface area contributed by atoms with Gasteiger partial charge in [-0.25, -0.2) is 8.42 Å². The third kappa shape index (κ3) is 4.59. The van der Waals surface area contributed by atoms with Crippen molar-refractivity contribution in [3.63, 3.8) is 0 Å². The van der Waals surface area contributed by atoms with Crippen molar-refractivity contribution in [3.05, 3.63) is 34.9 Å². The van der Waals surface area contributed by atoms with Gasteiger partial charge in [0.25, 0.3) is 0 Å². The summed E-state index contributed by atoms with van der Waals surface area (Å²) in [6, 6.07) is 7.66. The Morgan fingerprint density at radius 2 is 1.94 bits per heavy atom. The molecule has 0 aliphatic rings. The first kappa shape index (κ1) is 15.5. The first-order valence-electron chi connectivity index (χ1n) is 6.03. The second kappa shape index (κ2) is 6.55. The van der Waals surface area contributed by atoms with Crippen molar-refractivity contribution in [2.45, 2.75) is 32.1 Å². The van der Waals surface area contributed by atoms with E-state index < -0.39 is 9.84 Å². The normalized spacial score (nSPS) is 13.8. The van der Waals surface area contributed by atoms with E-state index in [0.717, 1.165) is 5.56 Å². The Morgan fingerprint density at radius 3 is 2.50 bits per heavy atom. The first-order chi connectivity index (χ1) is 8.33. The molecule has 102 valence electrons. The second-order valence-corrected chi connectivity index (χ2v) is 7.76. The highest BCUT2D eigenvalue weighted by molar-refractivity contribution is 7.92. The Hall–Kier alpha value is -0.580. The zero-order chi connectivity index (χ0) is 13.8. The smallest absolute Gasteiger partial charge is 0.153 e. The van der Waals surface area contributed by atoms with Crippen LogP contribution in [0, 0.1) is 0 Å². The van der Waals surface area contributed by atoms with Crippen molar-refractivity contribution >= 4 is 21.4 Å². The minimum absolute atomic E-state index is 0.0889. The molecule has 0 saturated carbocycles. The quantitative estimate of drug-likeness (QED) is 0.876. The monoisotopic (exact) mass is 289 g/mol. The van der Waals surface area contributed by atoms with E-state index in [9.17, 15) is 8.42 Å². The van der Waals surface area contributed by atoms with Crippen LogP contribution in [0.3, 0.4) is 0 Å². The van der Waals surface area contributed by atoms with Gasteiger partial charge in [0.1, 0.15) is 0 Å². The highest BCUT2D eigenvalue weighted by Gasteiger charge is 2.16. The van der Waals surface area contributed by atoms with Crippen molar-refractivity contribution in [3.8, 4) is 0 Å². The topological polar surface area (TPSA) is 46.2 Å². The van der Waals surface area contributed by atoms with Crippen molar-refractivity contribution < 1.29 is 8.42 Å². The number of nitrogens with one attached hydrogen (secondary N) is 1. The van der Waals surface area contributed by atoms with Gasteiger partial charge >= 0.3 is 0 Å². The molecule has 1 atom stereocenters. The highest BCUT2D eigenvalue weighted by atomic mass is 35.5. The van der Waals surface area contributed by atoms with Crippen LogP contribution in [0.4, 0.5) is 0 Å². The van der Waals surface area contributed by atoms with E-state index >= 15 is 0 Å². The molecule has 0 spiro atoms. The Bertz CT molecular complexity index is 486. The zero-order valence-corrected chi connectivity index (χ0v) is 12.6. The van der Waals surface area contributed by atoms with Gasteiger partial charge in [0.05, 0.1) is 11.0 Å². The molecule has 0 aromatic heterocycles. The Labute approximate surface area is 114 Å². The van der Waals surface area contributed by atoms with Crippen molar-refractivity contribution in [2.75, 3.05) is 12.3 Å². The van der Waals surface area contributed by atoms with Crippen LogP contribution in [0.2, 0.25) is 5.02 Å². The minimum atomic E-state index is -2.97. The minimum Gasteiger partial charge on any atom is -0.309 e. The van der Waals surface area contributed by atoms with Gasteiger partial charge < -0.3 is 5.32 Å². The van der Waals surface area contributed by atoms with E-state index in [1.165, 1.54) is 0 Å². The molecule has 5 heteroatoms. The molecular weight excluding hydrogens is 270 g/mol. The molecule has 1 aromatic carbocycles. The summed E-state index contributed by atoms with van der Waals surface area (Å²) in [5, 5.41) is 3.57. The van der Waals surface area contributed by atoms with E-state index in [2.05, 4.69) is 5.32 Å². The van der Waals surface area contributed by atoms with Gasteiger partial charge in [0.15, 0.2) is 9.84 Å². The Morgan fingerprint density at radius 1 is 1.28 bits per heavy atom. The molecule has 0 aliphatic carbocycles. The van der Waals surface area contributed by atoms with E-state index in [1.54, 1.807) is 13.8 Å². The largest absolute Gasteiger partial charge is 0.309 e. The lowest BCUT2D eigenvalue weighted by molar-refractivity contribution is 0.566. The summed E-state index contributed by atoms with van der Waals surface area (Å²) in [4.78, 5) is 0. The fourth-order valence-corrected chi connectivity index (χ4v) is 2.62. The molecular formula is C13H20ClNO2S. The van der Waals surface area contributed by atoms with Gasteiger partial charge in [0, 0.05) is 17.6 Å². The van der Waals surface area contributed by atoms with E-state index in [1.807, 2.05) is 31.2 Å². The fourth-order valence-electron chi connectivity index (χ4n) is 1.55. The lowest BCUT2D eigenvalue weighted by atomic mass is 10.1. The summed E-state index contributed by atoms with van der Waals surface area (Å²) >= 11 is 5.91. The second-order valence-electron chi connectivity index (χ2n) is 4.65. The Balaban J connectivity index is 2.50. The Kier molecular flexibility index (Phi) is 5.63. The van der Waals surface area contributed by atoms with Crippen LogP contribution in [0.1, 0.15) is 32.4 Å². The third-order valence-corrected chi connectivity index (χ3v) is 5.35. The van der Waals surface area contributed by atoms with Gasteiger partial charge in [0.2, 0.25) is 0 Å². The number of halogens is 1. The summed E-state index contributed by atoms with van der Waals surface area (Å²) in [5.74, 6) is 0.162. The molecule has 0 fully saturated rings. The molecule has 1 unspecified atom stereocenters. The predicted molar refractivity (Wildman–Crippen MR) is 76.8 cm³/mol.